The van der Waals surface area contributed by atoms with E-state index in [0.717, 1.165) is 15.2 Å². The van der Waals surface area contributed by atoms with Gasteiger partial charge in [0.2, 0.25) is 0 Å². The van der Waals surface area contributed by atoms with Crippen molar-refractivity contribution in [2.24, 2.45) is 0 Å². The van der Waals surface area contributed by atoms with Crippen LogP contribution in [-0.2, 0) is 14.3 Å². The Kier molecular flexibility index (Phi) is 4.16. The monoisotopic (exact) mass is 321 g/mol. The summed E-state index contributed by atoms with van der Waals surface area (Å²) in [6.45, 7) is 1.83. The molecule has 98 valence electrons. The zero-order valence-electron chi connectivity index (χ0n) is 10.3. The highest BCUT2D eigenvalue weighted by molar-refractivity contribution is 9.10. The van der Waals surface area contributed by atoms with Gasteiger partial charge >= 0.3 is 11.9 Å². The molecule has 2 aromatic carbocycles. The van der Waals surface area contributed by atoms with E-state index in [9.17, 15) is 9.59 Å². The first kappa shape index (κ1) is 13.5. The summed E-state index contributed by atoms with van der Waals surface area (Å²) in [5, 5.41) is 4.53. The summed E-state index contributed by atoms with van der Waals surface area (Å²) in [6, 6.07) is 11.2. The lowest BCUT2D eigenvalue weighted by atomic mass is 10.1. The molecule has 0 radical (unpaired) electrons. The van der Waals surface area contributed by atoms with Crippen molar-refractivity contribution in [2.45, 2.75) is 6.92 Å². The number of rotatable bonds is 2. The van der Waals surface area contributed by atoms with Crippen LogP contribution in [0.1, 0.15) is 6.92 Å². The van der Waals surface area contributed by atoms with Crippen LogP contribution in [0.15, 0.2) is 40.9 Å². The van der Waals surface area contributed by atoms with Crippen LogP contribution in [0.5, 0.6) is 0 Å². The maximum atomic E-state index is 11.5. The second-order valence-corrected chi connectivity index (χ2v) is 4.80. The fourth-order valence-electron chi connectivity index (χ4n) is 1.67. The molecule has 0 fully saturated rings. The van der Waals surface area contributed by atoms with Crippen molar-refractivity contribution in [1.29, 1.82) is 0 Å². The fourth-order valence-corrected chi connectivity index (χ4v) is 2.05. The van der Waals surface area contributed by atoms with E-state index < -0.39 is 11.9 Å². The van der Waals surface area contributed by atoms with Gasteiger partial charge in [-0.3, -0.25) is 4.79 Å². The molecule has 4 nitrogen and oxygen atoms in total. The Morgan fingerprint density at radius 3 is 2.58 bits per heavy atom. The van der Waals surface area contributed by atoms with Crippen LogP contribution in [-0.4, -0.2) is 18.5 Å². The van der Waals surface area contributed by atoms with Crippen LogP contribution < -0.4 is 5.32 Å². The highest BCUT2D eigenvalue weighted by atomic mass is 79.9. The molecule has 0 aliphatic rings. The zero-order valence-corrected chi connectivity index (χ0v) is 11.9. The van der Waals surface area contributed by atoms with Crippen molar-refractivity contribution in [3.8, 4) is 0 Å². The highest BCUT2D eigenvalue weighted by Gasteiger charge is 2.14. The minimum absolute atomic E-state index is 0.179. The zero-order chi connectivity index (χ0) is 13.8. The summed E-state index contributed by atoms with van der Waals surface area (Å²) in [4.78, 5) is 22.7. The maximum absolute atomic E-state index is 11.5. The first-order valence-electron chi connectivity index (χ1n) is 5.77. The number of fused-ring (bicyclic) bond motifs is 1. The Morgan fingerprint density at radius 2 is 1.84 bits per heavy atom. The van der Waals surface area contributed by atoms with Crippen molar-refractivity contribution < 1.29 is 14.3 Å². The second kappa shape index (κ2) is 5.84. The van der Waals surface area contributed by atoms with Gasteiger partial charge in [0.15, 0.2) is 0 Å². The summed E-state index contributed by atoms with van der Waals surface area (Å²) in [7, 11) is 0. The largest absolute Gasteiger partial charge is 0.459 e. The number of benzene rings is 2. The summed E-state index contributed by atoms with van der Waals surface area (Å²) >= 11 is 3.40. The van der Waals surface area contributed by atoms with Gasteiger partial charge in [-0.05, 0) is 42.0 Å². The lowest BCUT2D eigenvalue weighted by molar-refractivity contribution is -0.152. The average Bonchev–Trinajstić information content (AvgIpc) is 2.39. The number of amides is 1. The van der Waals surface area contributed by atoms with Gasteiger partial charge in [0.25, 0.3) is 0 Å². The van der Waals surface area contributed by atoms with Gasteiger partial charge < -0.3 is 10.1 Å². The fraction of sp³-hybridized carbons (Fsp3) is 0.143. The number of hydrogen-bond acceptors (Lipinski definition) is 3. The van der Waals surface area contributed by atoms with Gasteiger partial charge in [-0.25, -0.2) is 4.79 Å². The van der Waals surface area contributed by atoms with E-state index in [-0.39, 0.29) is 6.61 Å². The maximum Gasteiger partial charge on any atom is 0.397 e. The average molecular weight is 322 g/mol. The number of ether oxygens (including phenoxy) is 1. The summed E-state index contributed by atoms with van der Waals surface area (Å²) in [6.07, 6.45) is 0. The molecule has 0 saturated carbocycles. The topological polar surface area (TPSA) is 55.4 Å². The van der Waals surface area contributed by atoms with E-state index in [2.05, 4.69) is 26.0 Å². The van der Waals surface area contributed by atoms with Crippen LogP contribution in [0.4, 0.5) is 5.69 Å². The highest BCUT2D eigenvalue weighted by Crippen LogP contribution is 2.22. The molecule has 1 N–H and O–H groups in total. The third-order valence-electron chi connectivity index (χ3n) is 2.52. The Morgan fingerprint density at radius 1 is 1.16 bits per heavy atom. The third kappa shape index (κ3) is 3.32. The normalized spacial score (nSPS) is 10.2. The molecule has 0 aromatic heterocycles. The molecule has 0 atom stereocenters. The van der Waals surface area contributed by atoms with Crippen molar-refractivity contribution >= 4 is 44.3 Å². The molecule has 5 heteroatoms. The van der Waals surface area contributed by atoms with Gasteiger partial charge in [-0.1, -0.05) is 28.1 Å². The number of carbonyl (C=O) groups excluding carboxylic acids is 2. The van der Waals surface area contributed by atoms with Crippen LogP contribution in [0.25, 0.3) is 10.8 Å². The summed E-state index contributed by atoms with van der Waals surface area (Å²) in [5.74, 6) is -1.64. The molecule has 2 rings (SSSR count). The van der Waals surface area contributed by atoms with Crippen LogP contribution in [0, 0.1) is 0 Å². The minimum atomic E-state index is -0.876. The number of carbonyl (C=O) groups is 2. The quantitative estimate of drug-likeness (QED) is 0.683. The number of halogens is 1. The van der Waals surface area contributed by atoms with E-state index in [1.54, 1.807) is 19.1 Å². The van der Waals surface area contributed by atoms with Gasteiger partial charge in [0.1, 0.15) is 0 Å². The Hall–Kier alpha value is -1.88. The molecular weight excluding hydrogens is 310 g/mol. The number of esters is 1. The van der Waals surface area contributed by atoms with Crippen molar-refractivity contribution in [1.82, 2.24) is 0 Å². The molecule has 1 amide bonds. The lowest BCUT2D eigenvalue weighted by Crippen LogP contribution is -2.24. The number of hydrogen-bond donors (Lipinski definition) is 1. The molecule has 2 aromatic rings. The molecule has 0 aliphatic heterocycles. The van der Waals surface area contributed by atoms with E-state index >= 15 is 0 Å². The van der Waals surface area contributed by atoms with Gasteiger partial charge in [0, 0.05) is 10.2 Å². The summed E-state index contributed by atoms with van der Waals surface area (Å²) in [5.41, 5.74) is 0.563. The van der Waals surface area contributed by atoms with E-state index in [0.29, 0.717) is 5.69 Å². The number of nitrogens with one attached hydrogen (secondary N) is 1. The SMILES string of the molecule is CCOC(=O)C(=O)Nc1ccc2cc(Br)ccc2c1. The molecule has 0 spiro atoms. The predicted octanol–water partition coefficient (Wildman–Crippen LogP) is 3.10. The molecule has 0 bridgehead atoms. The van der Waals surface area contributed by atoms with Crippen molar-refractivity contribution in [3.05, 3.63) is 40.9 Å². The summed E-state index contributed by atoms with van der Waals surface area (Å²) < 4.78 is 5.61. The van der Waals surface area contributed by atoms with Crippen molar-refractivity contribution in [2.75, 3.05) is 11.9 Å². The van der Waals surface area contributed by atoms with E-state index in [1.807, 2.05) is 24.3 Å². The molecule has 19 heavy (non-hydrogen) atoms. The van der Waals surface area contributed by atoms with E-state index in [4.69, 9.17) is 0 Å². The minimum Gasteiger partial charge on any atom is -0.459 e. The number of anilines is 1. The first-order valence-corrected chi connectivity index (χ1v) is 6.57. The third-order valence-corrected chi connectivity index (χ3v) is 3.01. The van der Waals surface area contributed by atoms with Crippen molar-refractivity contribution in [3.63, 3.8) is 0 Å². The second-order valence-electron chi connectivity index (χ2n) is 3.88. The molecule has 0 heterocycles. The van der Waals surface area contributed by atoms with E-state index in [1.165, 1.54) is 0 Å². The molecule has 0 aliphatic carbocycles. The lowest BCUT2D eigenvalue weighted by Gasteiger charge is -2.06. The van der Waals surface area contributed by atoms with Crippen LogP contribution in [0.2, 0.25) is 0 Å². The predicted molar refractivity (Wildman–Crippen MR) is 76.9 cm³/mol. The molecular formula is C14H12BrNO3. The first-order chi connectivity index (χ1) is 9.10. The standard InChI is InChI=1S/C14H12BrNO3/c1-2-19-14(18)13(17)16-12-6-4-9-7-11(15)5-3-10(9)8-12/h3-8H,2H2,1H3,(H,16,17). The van der Waals surface area contributed by atoms with Gasteiger partial charge in [0.05, 0.1) is 6.61 Å². The van der Waals surface area contributed by atoms with Crippen LogP contribution >= 0.6 is 15.9 Å². The van der Waals surface area contributed by atoms with Gasteiger partial charge in [-0.15, -0.1) is 0 Å². The molecule has 0 unspecified atom stereocenters. The van der Waals surface area contributed by atoms with Gasteiger partial charge in [-0.2, -0.15) is 0 Å². The Labute approximate surface area is 118 Å². The van der Waals surface area contributed by atoms with Crippen LogP contribution in [0.3, 0.4) is 0 Å². The Balaban J connectivity index is 2.20. The molecule has 0 saturated heterocycles. The Bertz CT molecular complexity index is 640. The smallest absolute Gasteiger partial charge is 0.397 e.